The Morgan fingerprint density at radius 1 is 1.13 bits per heavy atom. The highest BCUT2D eigenvalue weighted by molar-refractivity contribution is 7.22. The number of fused-ring (bicyclic) bond motifs is 1. The van der Waals surface area contributed by atoms with Crippen molar-refractivity contribution in [3.05, 3.63) is 76.8 Å². The van der Waals surface area contributed by atoms with Crippen LogP contribution in [0.5, 0.6) is 17.4 Å². The molecule has 1 atom stereocenters. The van der Waals surface area contributed by atoms with E-state index in [0.717, 1.165) is 44.9 Å². The van der Waals surface area contributed by atoms with E-state index in [0.29, 0.717) is 49.2 Å². The van der Waals surface area contributed by atoms with Crippen LogP contribution in [0.1, 0.15) is 11.1 Å². The molecule has 5 aromatic rings. The van der Waals surface area contributed by atoms with Crippen LogP contribution in [0.15, 0.2) is 53.2 Å². The van der Waals surface area contributed by atoms with Crippen LogP contribution >= 0.6 is 22.9 Å². The van der Waals surface area contributed by atoms with Crippen LogP contribution < -0.4 is 9.47 Å². The van der Waals surface area contributed by atoms with Gasteiger partial charge in [-0.15, -0.1) is 11.3 Å². The van der Waals surface area contributed by atoms with Crippen LogP contribution in [0, 0.1) is 18.8 Å². The lowest BCUT2D eigenvalue weighted by atomic mass is 9.97. The number of nitrogens with zero attached hydrogens (tertiary/aromatic N) is 4. The number of ether oxygens (including phenoxy) is 2. The fourth-order valence-corrected chi connectivity index (χ4v) is 6.81. The minimum absolute atomic E-state index is 0.0587. The van der Waals surface area contributed by atoms with Crippen molar-refractivity contribution < 1.29 is 37.7 Å². The van der Waals surface area contributed by atoms with E-state index in [2.05, 4.69) is 26.8 Å². The van der Waals surface area contributed by atoms with Gasteiger partial charge in [-0.1, -0.05) is 23.7 Å². The largest absolute Gasteiger partial charge is 0.508 e. The number of carboxylic acid groups (broad SMARTS) is 1. The van der Waals surface area contributed by atoms with E-state index < -0.39 is 29.7 Å². The van der Waals surface area contributed by atoms with Gasteiger partial charge in [0.2, 0.25) is 12.0 Å². The second-order valence-corrected chi connectivity index (χ2v) is 12.6. The van der Waals surface area contributed by atoms with Crippen molar-refractivity contribution >= 4 is 39.1 Å². The quantitative estimate of drug-likeness (QED) is 0.165. The monoisotopic (exact) mass is 684 g/mol. The van der Waals surface area contributed by atoms with Gasteiger partial charge in [-0.25, -0.2) is 19.2 Å². The molecular weight excluding hydrogens is 654 g/mol. The molecule has 0 spiro atoms. The SMILES string of the molecule is Cc1c(-c2c(-c3ccc(F)o3)sc3ncnc(O[C@H](Cc4ccc(F)cc4O)C(=O)O)c23)ccc(OCCN2CCN(C)CC2)c1Cl. The van der Waals surface area contributed by atoms with E-state index in [1.165, 1.54) is 35.9 Å². The highest BCUT2D eigenvalue weighted by Gasteiger charge is 2.29. The zero-order chi connectivity index (χ0) is 33.2. The van der Waals surface area contributed by atoms with E-state index >= 15 is 0 Å². The Morgan fingerprint density at radius 3 is 2.62 bits per heavy atom. The number of benzene rings is 2. The van der Waals surface area contributed by atoms with Crippen LogP contribution in [-0.4, -0.2) is 88.4 Å². The lowest BCUT2D eigenvalue weighted by Crippen LogP contribution is -2.45. The van der Waals surface area contributed by atoms with Gasteiger partial charge < -0.3 is 29.0 Å². The summed E-state index contributed by atoms with van der Waals surface area (Å²) in [6.45, 7) is 6.97. The Labute approximate surface area is 277 Å². The summed E-state index contributed by atoms with van der Waals surface area (Å²) in [6, 6.07) is 8.78. The van der Waals surface area contributed by atoms with Gasteiger partial charge in [0.05, 0.1) is 15.3 Å². The maximum absolute atomic E-state index is 14.1. The molecule has 0 saturated carbocycles. The number of hydrogen-bond acceptors (Lipinski definition) is 10. The Bertz CT molecular complexity index is 1930. The normalized spacial score (nSPS) is 14.8. The molecule has 1 aliphatic heterocycles. The molecule has 1 aliphatic rings. The zero-order valence-electron chi connectivity index (χ0n) is 25.5. The van der Waals surface area contributed by atoms with E-state index in [-0.39, 0.29) is 23.6 Å². The van der Waals surface area contributed by atoms with Gasteiger partial charge in [-0.05, 0) is 48.9 Å². The number of halogens is 3. The van der Waals surface area contributed by atoms with Gasteiger partial charge in [0.1, 0.15) is 40.8 Å². The molecule has 1 saturated heterocycles. The number of likely N-dealkylation sites (N-methyl/N-ethyl adjacent to an activating group) is 1. The van der Waals surface area contributed by atoms with Crippen LogP contribution in [0.4, 0.5) is 8.78 Å². The first-order chi connectivity index (χ1) is 22.6. The highest BCUT2D eigenvalue weighted by atomic mass is 35.5. The molecule has 14 heteroatoms. The molecule has 246 valence electrons. The number of carboxylic acids is 1. The molecule has 2 N–H and O–H groups in total. The molecule has 0 unspecified atom stereocenters. The average Bonchev–Trinajstić information content (AvgIpc) is 3.65. The van der Waals surface area contributed by atoms with Crippen molar-refractivity contribution in [2.45, 2.75) is 19.4 Å². The predicted molar refractivity (Wildman–Crippen MR) is 174 cm³/mol. The smallest absolute Gasteiger partial charge is 0.345 e. The maximum Gasteiger partial charge on any atom is 0.345 e. The highest BCUT2D eigenvalue weighted by Crippen LogP contribution is 2.49. The lowest BCUT2D eigenvalue weighted by molar-refractivity contribution is -0.145. The number of aliphatic carboxylic acids is 1. The summed E-state index contributed by atoms with van der Waals surface area (Å²) in [5, 5.41) is 21.0. The second kappa shape index (κ2) is 13.8. The first kappa shape index (κ1) is 32.6. The standard InChI is InChI=1S/C33H31ClF2N4O6S/c1-18-21(5-6-23(29(18)34)44-14-13-40-11-9-39(2)10-12-40)27-28-31(37-17-38-32(28)47-30(27)24-7-8-26(36)45-24)46-25(33(42)43)15-19-3-4-20(35)16-22(19)41/h3-8,16-17,25,41H,9-15H2,1-2H3,(H,42,43)/t25-/m1/s1. The van der Waals surface area contributed by atoms with Crippen LogP contribution in [-0.2, 0) is 11.2 Å². The zero-order valence-corrected chi connectivity index (χ0v) is 27.1. The fraction of sp³-hybridized carbons (Fsp3) is 0.303. The first-order valence-corrected chi connectivity index (χ1v) is 16.0. The minimum Gasteiger partial charge on any atom is -0.508 e. The Kier molecular flexibility index (Phi) is 9.60. The average molecular weight is 685 g/mol. The predicted octanol–water partition coefficient (Wildman–Crippen LogP) is 6.26. The summed E-state index contributed by atoms with van der Waals surface area (Å²) < 4.78 is 45.1. The van der Waals surface area contributed by atoms with Crippen LogP contribution in [0.2, 0.25) is 5.02 Å². The summed E-state index contributed by atoms with van der Waals surface area (Å²) in [5.74, 6) is -1.73. The third kappa shape index (κ3) is 7.03. The molecule has 4 heterocycles. The number of aromatic hydroxyl groups is 1. The molecule has 3 aromatic heterocycles. The van der Waals surface area contributed by atoms with Crippen molar-refractivity contribution in [1.29, 1.82) is 0 Å². The van der Waals surface area contributed by atoms with E-state index in [1.807, 2.05) is 13.0 Å². The third-order valence-corrected chi connectivity index (χ3v) is 9.70. The molecule has 0 bridgehead atoms. The van der Waals surface area contributed by atoms with E-state index in [9.17, 15) is 23.8 Å². The first-order valence-electron chi connectivity index (χ1n) is 14.8. The number of phenols is 1. The van der Waals surface area contributed by atoms with E-state index in [1.54, 1.807) is 6.07 Å². The Morgan fingerprint density at radius 2 is 1.91 bits per heavy atom. The van der Waals surface area contributed by atoms with Crippen LogP contribution in [0.3, 0.4) is 0 Å². The Hall–Kier alpha value is -4.30. The van der Waals surface area contributed by atoms with Crippen molar-refractivity contribution in [2.24, 2.45) is 0 Å². The van der Waals surface area contributed by atoms with Gasteiger partial charge >= 0.3 is 5.97 Å². The number of piperazine rings is 1. The van der Waals surface area contributed by atoms with Crippen molar-refractivity contribution in [1.82, 2.24) is 19.8 Å². The molecule has 1 fully saturated rings. The second-order valence-electron chi connectivity index (χ2n) is 11.2. The van der Waals surface area contributed by atoms with Gasteiger partial charge in [-0.3, -0.25) is 4.90 Å². The van der Waals surface area contributed by atoms with Crippen molar-refractivity contribution in [3.63, 3.8) is 0 Å². The number of furan rings is 1. The van der Waals surface area contributed by atoms with Gasteiger partial charge in [-0.2, -0.15) is 4.39 Å². The molecule has 0 amide bonds. The molecule has 0 aliphatic carbocycles. The minimum atomic E-state index is -1.51. The number of carbonyl (C=O) groups is 1. The Balaban J connectivity index is 1.38. The van der Waals surface area contributed by atoms with E-state index in [4.69, 9.17) is 25.5 Å². The number of thiophene rings is 1. The fourth-order valence-electron chi connectivity index (χ4n) is 5.49. The van der Waals surface area contributed by atoms with Gasteiger partial charge in [0.25, 0.3) is 6.01 Å². The number of phenolic OH excluding ortho intramolecular Hbond substituents is 1. The molecule has 0 radical (unpaired) electrons. The molecular formula is C33H31ClF2N4O6S. The van der Waals surface area contributed by atoms with Crippen LogP contribution in [0.25, 0.3) is 32.0 Å². The molecule has 47 heavy (non-hydrogen) atoms. The summed E-state index contributed by atoms with van der Waals surface area (Å²) in [6.07, 6.45) is -0.564. The summed E-state index contributed by atoms with van der Waals surface area (Å²) in [7, 11) is 2.10. The van der Waals surface area contributed by atoms with Gasteiger partial charge in [0.15, 0.2) is 0 Å². The summed E-state index contributed by atoms with van der Waals surface area (Å²) >= 11 is 8.06. The molecule has 2 aromatic carbocycles. The molecule has 6 rings (SSSR count). The maximum atomic E-state index is 14.1. The topological polar surface area (TPSA) is 121 Å². The number of aromatic nitrogens is 2. The van der Waals surface area contributed by atoms with Crippen molar-refractivity contribution in [3.8, 4) is 39.1 Å². The lowest BCUT2D eigenvalue weighted by Gasteiger charge is -2.32. The summed E-state index contributed by atoms with van der Waals surface area (Å²) in [5.41, 5.74) is 1.96. The third-order valence-electron chi connectivity index (χ3n) is 8.11. The number of hydrogen-bond donors (Lipinski definition) is 2. The number of rotatable bonds is 11. The van der Waals surface area contributed by atoms with Gasteiger partial charge in [0, 0.05) is 56.8 Å². The van der Waals surface area contributed by atoms with Crippen molar-refractivity contribution in [2.75, 3.05) is 46.4 Å². The molecule has 10 nitrogen and oxygen atoms in total. The summed E-state index contributed by atoms with van der Waals surface area (Å²) in [4.78, 5) is 26.6.